The number of rotatable bonds is 10. The van der Waals surface area contributed by atoms with E-state index < -0.39 is 18.1 Å². The molecule has 0 aliphatic heterocycles. The van der Waals surface area contributed by atoms with Crippen molar-refractivity contribution in [1.29, 1.82) is 0 Å². The van der Waals surface area contributed by atoms with Gasteiger partial charge in [-0.1, -0.05) is 85.5 Å². The second kappa shape index (κ2) is 11.4. The molecular weight excluding hydrogens is 458 g/mol. The Balaban J connectivity index is 1.34. The molecule has 4 rings (SSSR count). The molecule has 0 fully saturated rings. The minimum absolute atomic E-state index is 0.0702. The molecule has 184 valence electrons. The van der Waals surface area contributed by atoms with Crippen molar-refractivity contribution in [2.45, 2.75) is 24.8 Å². The van der Waals surface area contributed by atoms with Crippen molar-refractivity contribution >= 4 is 18.0 Å². The van der Waals surface area contributed by atoms with E-state index in [4.69, 9.17) is 9.47 Å². The Morgan fingerprint density at radius 3 is 2.06 bits per heavy atom. The van der Waals surface area contributed by atoms with Crippen molar-refractivity contribution in [3.05, 3.63) is 108 Å². The topological polar surface area (TPSA) is 102 Å². The largest absolute Gasteiger partial charge is 0.480 e. The van der Waals surface area contributed by atoms with Gasteiger partial charge < -0.3 is 19.9 Å². The first-order valence-electron chi connectivity index (χ1n) is 11.6. The lowest BCUT2D eigenvalue weighted by atomic mass is 9.98. The third kappa shape index (κ3) is 5.81. The van der Waals surface area contributed by atoms with Gasteiger partial charge in [0, 0.05) is 12.3 Å². The zero-order chi connectivity index (χ0) is 25.5. The number of alkyl carbamates (subject to hydrolysis) is 1. The monoisotopic (exact) mass is 485 g/mol. The number of hydrogen-bond donors (Lipinski definition) is 2. The maximum atomic E-state index is 12.5. The maximum absolute atomic E-state index is 12.5. The van der Waals surface area contributed by atoms with Crippen LogP contribution in [0.1, 0.15) is 28.2 Å². The number of aliphatic carboxylic acids is 1. The summed E-state index contributed by atoms with van der Waals surface area (Å²) in [7, 11) is 0. The molecule has 3 aromatic carbocycles. The highest BCUT2D eigenvalue weighted by molar-refractivity contribution is 5.81. The number of carbonyl (C=O) groups is 3. The van der Waals surface area contributed by atoms with Crippen LogP contribution in [0.15, 0.2) is 85.5 Å². The predicted molar refractivity (Wildman–Crippen MR) is 135 cm³/mol. The maximum Gasteiger partial charge on any atom is 0.407 e. The number of benzene rings is 3. The molecule has 7 heteroatoms. The first-order valence-corrected chi connectivity index (χ1v) is 11.6. The molecule has 0 bridgehead atoms. The number of amides is 1. The number of nitrogens with one attached hydrogen (secondary N) is 1. The number of hydrogen-bond acceptors (Lipinski definition) is 5. The molecule has 7 nitrogen and oxygen atoms in total. The summed E-state index contributed by atoms with van der Waals surface area (Å²) in [5.41, 5.74) is 5.82. The van der Waals surface area contributed by atoms with Gasteiger partial charge in [-0.15, -0.1) is 0 Å². The van der Waals surface area contributed by atoms with Gasteiger partial charge in [-0.25, -0.2) is 9.59 Å². The molecule has 0 heterocycles. The third-order valence-corrected chi connectivity index (χ3v) is 6.11. The first-order chi connectivity index (χ1) is 17.5. The number of esters is 1. The molecule has 0 saturated heterocycles. The summed E-state index contributed by atoms with van der Waals surface area (Å²) in [6.07, 6.45) is 0.886. The fourth-order valence-electron chi connectivity index (χ4n) is 4.38. The quantitative estimate of drug-likeness (QED) is 0.324. The van der Waals surface area contributed by atoms with Gasteiger partial charge in [-0.2, -0.15) is 0 Å². The van der Waals surface area contributed by atoms with Crippen LogP contribution in [0.2, 0.25) is 0 Å². The summed E-state index contributed by atoms with van der Waals surface area (Å²) in [6, 6.07) is 21.7. The van der Waals surface area contributed by atoms with Gasteiger partial charge in [0.1, 0.15) is 19.3 Å². The van der Waals surface area contributed by atoms with Crippen LogP contribution >= 0.6 is 0 Å². The minimum Gasteiger partial charge on any atom is -0.480 e. The van der Waals surface area contributed by atoms with E-state index >= 15 is 0 Å². The number of ether oxygens (including phenoxy) is 2. The van der Waals surface area contributed by atoms with Crippen LogP contribution in [0.3, 0.4) is 0 Å². The molecule has 0 saturated carbocycles. The molecule has 1 atom stereocenters. The number of carboxylic acid groups (broad SMARTS) is 1. The van der Waals surface area contributed by atoms with Crippen LogP contribution < -0.4 is 5.32 Å². The lowest BCUT2D eigenvalue weighted by Gasteiger charge is -2.17. The standard InChI is InChI=1S/C29H27NO6/c1-2-15-35-27(31)17-20-13-11-19(12-14-20)16-26(28(32)33)30-29(34)36-18-25-23-9-5-3-7-21(23)22-8-4-6-10-24(22)25/h2-14,25-26H,1,15-18H2,(H,30,34)(H,32,33)/t26-/m0/s1. The van der Waals surface area contributed by atoms with Crippen LogP contribution in [0.5, 0.6) is 0 Å². The molecule has 0 unspecified atom stereocenters. The van der Waals surface area contributed by atoms with Gasteiger partial charge in [0.2, 0.25) is 0 Å². The van der Waals surface area contributed by atoms with Crippen LogP contribution in [0.4, 0.5) is 4.79 Å². The van der Waals surface area contributed by atoms with Crippen molar-refractivity contribution in [1.82, 2.24) is 5.32 Å². The molecule has 3 aromatic rings. The minimum atomic E-state index is -1.17. The van der Waals surface area contributed by atoms with Crippen molar-refractivity contribution in [2.24, 2.45) is 0 Å². The highest BCUT2D eigenvalue weighted by Crippen LogP contribution is 2.44. The van der Waals surface area contributed by atoms with E-state index in [1.165, 1.54) is 6.08 Å². The highest BCUT2D eigenvalue weighted by Gasteiger charge is 2.29. The Hall–Kier alpha value is -4.39. The van der Waals surface area contributed by atoms with Gasteiger partial charge >= 0.3 is 18.0 Å². The van der Waals surface area contributed by atoms with Crippen LogP contribution in [0.25, 0.3) is 11.1 Å². The average Bonchev–Trinajstić information content (AvgIpc) is 3.20. The SMILES string of the molecule is C=CCOC(=O)Cc1ccc(C[C@H](NC(=O)OCC2c3ccccc3-c3ccccc32)C(=O)O)cc1. The average molecular weight is 486 g/mol. The molecule has 1 aliphatic rings. The summed E-state index contributed by atoms with van der Waals surface area (Å²) in [5.74, 6) is -1.65. The molecule has 1 amide bonds. The van der Waals surface area contributed by atoms with E-state index in [1.807, 2.05) is 48.5 Å². The summed E-state index contributed by atoms with van der Waals surface area (Å²) in [5, 5.41) is 12.1. The van der Waals surface area contributed by atoms with Crippen LogP contribution in [0, 0.1) is 0 Å². The van der Waals surface area contributed by atoms with Crippen molar-refractivity contribution in [3.63, 3.8) is 0 Å². The molecule has 0 spiro atoms. The van der Waals surface area contributed by atoms with Gasteiger partial charge in [-0.3, -0.25) is 4.79 Å². The zero-order valence-corrected chi connectivity index (χ0v) is 19.7. The van der Waals surface area contributed by atoms with Gasteiger partial charge in [0.05, 0.1) is 6.42 Å². The number of carboxylic acids is 1. The fraction of sp³-hybridized carbons (Fsp3) is 0.207. The van der Waals surface area contributed by atoms with E-state index in [0.29, 0.717) is 5.56 Å². The third-order valence-electron chi connectivity index (χ3n) is 6.11. The molecule has 2 N–H and O–H groups in total. The molecule has 0 aromatic heterocycles. The zero-order valence-electron chi connectivity index (χ0n) is 19.7. The van der Waals surface area contributed by atoms with E-state index in [2.05, 4.69) is 11.9 Å². The number of fused-ring (bicyclic) bond motifs is 3. The van der Waals surface area contributed by atoms with Crippen LogP contribution in [-0.2, 0) is 31.9 Å². The first kappa shape index (κ1) is 24.7. The lowest BCUT2D eigenvalue weighted by molar-refractivity contribution is -0.141. The van der Waals surface area contributed by atoms with Crippen molar-refractivity contribution in [2.75, 3.05) is 13.2 Å². The Bertz CT molecular complexity index is 1220. The number of carbonyl (C=O) groups excluding carboxylic acids is 2. The summed E-state index contributed by atoms with van der Waals surface area (Å²) in [6.45, 7) is 3.75. The molecule has 0 radical (unpaired) electrons. The molecular formula is C29H27NO6. The lowest BCUT2D eigenvalue weighted by Crippen LogP contribution is -2.42. The molecule has 1 aliphatic carbocycles. The Kier molecular flexibility index (Phi) is 7.80. The second-order valence-corrected chi connectivity index (χ2v) is 8.53. The van der Waals surface area contributed by atoms with E-state index in [0.717, 1.165) is 27.8 Å². The van der Waals surface area contributed by atoms with Gasteiger partial charge in [-0.05, 0) is 33.4 Å². The second-order valence-electron chi connectivity index (χ2n) is 8.53. The summed E-state index contributed by atoms with van der Waals surface area (Å²) in [4.78, 5) is 36.1. The Morgan fingerprint density at radius 2 is 1.47 bits per heavy atom. The van der Waals surface area contributed by atoms with E-state index in [9.17, 15) is 19.5 Å². The van der Waals surface area contributed by atoms with E-state index in [1.54, 1.807) is 24.3 Å². The van der Waals surface area contributed by atoms with E-state index in [-0.39, 0.29) is 37.9 Å². The fourth-order valence-corrected chi connectivity index (χ4v) is 4.38. The van der Waals surface area contributed by atoms with Gasteiger partial charge in [0.15, 0.2) is 0 Å². The predicted octanol–water partition coefficient (Wildman–Crippen LogP) is 4.49. The van der Waals surface area contributed by atoms with Crippen molar-refractivity contribution < 1.29 is 29.0 Å². The summed E-state index contributed by atoms with van der Waals surface area (Å²) >= 11 is 0. The molecule has 36 heavy (non-hydrogen) atoms. The van der Waals surface area contributed by atoms with Crippen molar-refractivity contribution in [3.8, 4) is 11.1 Å². The highest BCUT2D eigenvalue weighted by atomic mass is 16.5. The smallest absolute Gasteiger partial charge is 0.407 e. The summed E-state index contributed by atoms with van der Waals surface area (Å²) < 4.78 is 10.4. The normalized spacial score (nSPS) is 12.7. The Labute approximate surface area is 209 Å². The Morgan fingerprint density at radius 1 is 0.889 bits per heavy atom. The van der Waals surface area contributed by atoms with Crippen LogP contribution in [-0.4, -0.2) is 42.4 Å². The van der Waals surface area contributed by atoms with Gasteiger partial charge in [0.25, 0.3) is 0 Å².